The van der Waals surface area contributed by atoms with Crippen molar-refractivity contribution in [1.82, 2.24) is 42.5 Å². The van der Waals surface area contributed by atoms with Gasteiger partial charge in [0, 0.05) is 26.1 Å². The van der Waals surface area contributed by atoms with Crippen LogP contribution in [0.5, 0.6) is 5.75 Å². The molecule has 29 nitrogen and oxygen atoms in total. The minimum Gasteiger partial charge on any atom is -0.508 e. The van der Waals surface area contributed by atoms with E-state index in [9.17, 15) is 53.4 Å². The van der Waals surface area contributed by atoms with Crippen LogP contribution in [0, 0.1) is 11.8 Å². The lowest BCUT2D eigenvalue weighted by Crippen LogP contribution is -2.60. The number of guanidine groups is 3. The number of aliphatic imine (C=N–C) groups is 3. The molecule has 0 fully saturated rings. The summed E-state index contributed by atoms with van der Waals surface area (Å²) in [6.45, 7) is 7.96. The molecule has 0 radical (unpaired) electrons. The third kappa shape index (κ3) is 27.4. The molecule has 2 rings (SSSR count). The first-order valence-corrected chi connectivity index (χ1v) is 27.1. The molecule has 2 aromatic rings. The number of hydrogen-bond donors (Lipinski definition) is 17. The van der Waals surface area contributed by atoms with Gasteiger partial charge in [0.15, 0.2) is 17.9 Å². The summed E-state index contributed by atoms with van der Waals surface area (Å²) < 4.78 is 0. The highest BCUT2D eigenvalue weighted by molar-refractivity contribution is 5.97. The second kappa shape index (κ2) is 36.5. The lowest BCUT2D eigenvalue weighted by molar-refractivity contribution is -0.143. The number of amides is 8. The van der Waals surface area contributed by atoms with Crippen LogP contribution in [-0.4, -0.2) is 156 Å². The Morgan fingerprint density at radius 1 is 0.512 bits per heavy atom. The third-order valence-electron chi connectivity index (χ3n) is 12.7. The largest absolute Gasteiger partial charge is 0.508 e. The van der Waals surface area contributed by atoms with Crippen molar-refractivity contribution in [2.45, 2.75) is 147 Å². The van der Waals surface area contributed by atoms with Crippen molar-refractivity contribution >= 4 is 71.1 Å². The minimum absolute atomic E-state index is 0.0268. The van der Waals surface area contributed by atoms with Crippen LogP contribution in [0.15, 0.2) is 69.6 Å². The van der Waals surface area contributed by atoms with Gasteiger partial charge in [-0.05, 0) is 93.4 Å². The molecular weight excluding hydrogens is 1060 g/mol. The molecule has 454 valence electrons. The van der Waals surface area contributed by atoms with Crippen LogP contribution in [0.3, 0.4) is 0 Å². The Bertz CT molecular complexity index is 2500. The van der Waals surface area contributed by atoms with Crippen LogP contribution in [-0.2, 0) is 56.0 Å². The van der Waals surface area contributed by atoms with Crippen molar-refractivity contribution < 1.29 is 53.4 Å². The smallest absolute Gasteiger partial charge is 0.326 e. The summed E-state index contributed by atoms with van der Waals surface area (Å²) in [6, 6.07) is 4.55. The summed E-state index contributed by atoms with van der Waals surface area (Å²) in [5.74, 6) is -8.96. The number of carbonyl (C=O) groups excluding carboxylic acids is 8. The number of hydrogen-bond acceptors (Lipinski definition) is 14. The predicted octanol–water partition coefficient (Wildman–Crippen LogP) is -3.63. The molecule has 9 unspecified atom stereocenters. The summed E-state index contributed by atoms with van der Waals surface area (Å²) in [5.41, 5.74) is 40.3. The molecule has 0 aromatic heterocycles. The maximum Gasteiger partial charge on any atom is 0.326 e. The van der Waals surface area contributed by atoms with Crippen molar-refractivity contribution in [1.29, 1.82) is 0 Å². The number of aromatic hydroxyl groups is 1. The van der Waals surface area contributed by atoms with Crippen molar-refractivity contribution in [3.8, 4) is 5.75 Å². The van der Waals surface area contributed by atoms with Gasteiger partial charge in [-0.15, -0.1) is 0 Å². The fourth-order valence-electron chi connectivity index (χ4n) is 8.03. The monoisotopic (exact) mass is 1150 g/mol. The lowest BCUT2D eigenvalue weighted by Gasteiger charge is -2.29. The van der Waals surface area contributed by atoms with E-state index in [1.807, 2.05) is 0 Å². The van der Waals surface area contributed by atoms with Crippen molar-refractivity contribution in [2.24, 2.45) is 66.9 Å². The molecule has 2 aromatic carbocycles. The van der Waals surface area contributed by atoms with Gasteiger partial charge >= 0.3 is 5.97 Å². The van der Waals surface area contributed by atoms with Crippen molar-refractivity contribution in [3.63, 3.8) is 0 Å². The van der Waals surface area contributed by atoms with E-state index in [1.165, 1.54) is 19.1 Å². The van der Waals surface area contributed by atoms with Crippen molar-refractivity contribution in [2.75, 3.05) is 26.2 Å². The maximum atomic E-state index is 14.4. The highest BCUT2D eigenvalue weighted by atomic mass is 16.4. The van der Waals surface area contributed by atoms with E-state index in [4.69, 9.17) is 40.1 Å². The zero-order valence-corrected chi connectivity index (χ0v) is 47.3. The van der Waals surface area contributed by atoms with E-state index < -0.39 is 114 Å². The number of benzene rings is 2. The number of phenols is 1. The average Bonchev–Trinajstić information content (AvgIpc) is 3.44. The van der Waals surface area contributed by atoms with Gasteiger partial charge in [0.05, 0.1) is 12.6 Å². The molecule has 82 heavy (non-hydrogen) atoms. The van der Waals surface area contributed by atoms with Crippen LogP contribution in [0.2, 0.25) is 0 Å². The summed E-state index contributed by atoms with van der Waals surface area (Å²) in [5, 5.41) is 40.3. The van der Waals surface area contributed by atoms with Gasteiger partial charge in [-0.2, -0.15) is 0 Å². The van der Waals surface area contributed by atoms with Gasteiger partial charge in [0.25, 0.3) is 0 Å². The average molecular weight is 1150 g/mol. The summed E-state index contributed by atoms with van der Waals surface area (Å²) in [7, 11) is 0. The lowest BCUT2D eigenvalue weighted by atomic mass is 9.96. The first kappa shape index (κ1) is 69.3. The SMILES string of the molecule is CCC(C)C(NC(=O)C(CCCN=C(N)N)NC(=O)C(CCCN=C(N)N)NC(=O)C(CC(C)C)NC(=O)C(Cc1ccccc1)NC(=O)CNC(=O)C(C)NC(=O)C(N)Cc1ccc(O)cc1)C(=O)NC(CCCN=C(N)N)C(=O)O. The van der Waals surface area contributed by atoms with Crippen LogP contribution < -0.4 is 82.7 Å². The fourth-order valence-corrected chi connectivity index (χ4v) is 8.03. The molecule has 0 saturated heterocycles. The molecule has 8 amide bonds. The van der Waals surface area contributed by atoms with Crippen LogP contribution in [0.4, 0.5) is 0 Å². The normalized spacial score (nSPS) is 14.2. The van der Waals surface area contributed by atoms with Crippen LogP contribution >= 0.6 is 0 Å². The number of nitrogens with zero attached hydrogens (tertiary/aromatic N) is 3. The van der Waals surface area contributed by atoms with E-state index in [2.05, 4.69) is 57.5 Å². The number of nitrogens with one attached hydrogen (secondary N) is 8. The Morgan fingerprint density at radius 2 is 0.963 bits per heavy atom. The number of phenolic OH excluding ortho intramolecular Hbond substituents is 1. The van der Waals surface area contributed by atoms with E-state index in [-0.39, 0.29) is 107 Å². The molecule has 0 saturated carbocycles. The van der Waals surface area contributed by atoms with Gasteiger partial charge < -0.3 is 92.9 Å². The first-order chi connectivity index (χ1) is 38.7. The van der Waals surface area contributed by atoms with Gasteiger partial charge in [-0.1, -0.05) is 76.6 Å². The number of rotatable bonds is 37. The van der Waals surface area contributed by atoms with Crippen LogP contribution in [0.25, 0.3) is 0 Å². The minimum atomic E-state index is -1.39. The van der Waals surface area contributed by atoms with Crippen molar-refractivity contribution in [3.05, 3.63) is 65.7 Å². The molecule has 0 aliphatic carbocycles. The van der Waals surface area contributed by atoms with E-state index in [0.717, 1.165) is 0 Å². The molecule has 24 N–H and O–H groups in total. The first-order valence-electron chi connectivity index (χ1n) is 27.1. The number of carboxylic acid groups (broad SMARTS) is 1. The van der Waals surface area contributed by atoms with Crippen LogP contribution in [0.1, 0.15) is 97.1 Å². The Labute approximate surface area is 477 Å². The molecule has 0 spiro atoms. The van der Waals surface area contributed by atoms with Gasteiger partial charge in [0.1, 0.15) is 48.0 Å². The molecule has 0 aliphatic rings. The Morgan fingerprint density at radius 3 is 1.45 bits per heavy atom. The topological polar surface area (TPSA) is 510 Å². The standard InChI is InChI=1S/C53H86N18O11/c1-6-30(4)42(49(80)69-38(50(81)82)17-12-24-63-53(59)60)71-46(77)37(16-11-23-62-52(57)58)67-45(76)36(15-10-22-61-51(55)56)68-47(78)39(25-29(2)3)70-48(79)40(27-32-13-8-7-9-14-32)66-41(73)28-64-43(74)31(5)65-44(75)35(54)26-33-18-20-34(72)21-19-33/h7-9,13-14,18-21,29-31,35-40,42,72H,6,10-12,15-17,22-28,54H2,1-5H3,(H,64,74)(H,65,75)(H,66,73)(H,67,76)(H,68,78)(H,69,80)(H,70,79)(H,71,77)(H,81,82)(H4,55,56,61)(H4,57,58,62)(H4,59,60,63). The zero-order valence-electron chi connectivity index (χ0n) is 47.3. The summed E-state index contributed by atoms with van der Waals surface area (Å²) in [4.78, 5) is 134. The highest BCUT2D eigenvalue weighted by Crippen LogP contribution is 2.14. The number of carboxylic acids is 1. The Kier molecular flexibility index (Phi) is 30.9. The maximum absolute atomic E-state index is 14.4. The Hall–Kier alpha value is -8.76. The van der Waals surface area contributed by atoms with Gasteiger partial charge in [0.2, 0.25) is 47.3 Å². The van der Waals surface area contributed by atoms with E-state index in [0.29, 0.717) is 17.5 Å². The number of carbonyl (C=O) groups is 9. The fraction of sp³-hybridized carbons (Fsp3) is 0.547. The molecule has 0 heterocycles. The van der Waals surface area contributed by atoms with Gasteiger partial charge in [-0.25, -0.2) is 4.79 Å². The second-order valence-electron chi connectivity index (χ2n) is 20.2. The zero-order chi connectivity index (χ0) is 61.5. The summed E-state index contributed by atoms with van der Waals surface area (Å²) >= 11 is 0. The Balaban J connectivity index is 2.40. The third-order valence-corrected chi connectivity index (χ3v) is 12.7. The summed E-state index contributed by atoms with van der Waals surface area (Å²) in [6.07, 6.45) is 0.715. The molecule has 0 bridgehead atoms. The predicted molar refractivity (Wildman–Crippen MR) is 308 cm³/mol. The second-order valence-corrected chi connectivity index (χ2v) is 20.2. The van der Waals surface area contributed by atoms with Gasteiger partial charge in [-0.3, -0.25) is 53.3 Å². The van der Waals surface area contributed by atoms with E-state index in [1.54, 1.807) is 70.2 Å². The molecular formula is C53H86N18O11. The molecule has 9 atom stereocenters. The quantitative estimate of drug-likeness (QED) is 0.0176. The van der Waals surface area contributed by atoms with E-state index >= 15 is 0 Å². The number of aliphatic carboxylic acids is 1. The molecule has 0 aliphatic heterocycles. The molecule has 29 heteroatoms. The number of nitrogens with two attached hydrogens (primary N) is 7. The highest BCUT2D eigenvalue weighted by Gasteiger charge is 2.35.